The number of aliphatic hydroxyl groups excluding tert-OH is 1. The summed E-state index contributed by atoms with van der Waals surface area (Å²) in [4.78, 5) is 0. The molecule has 0 fully saturated rings. The van der Waals surface area contributed by atoms with Crippen LogP contribution in [0.3, 0.4) is 0 Å². The Kier molecular flexibility index (Phi) is 3.14. The summed E-state index contributed by atoms with van der Waals surface area (Å²) in [6, 6.07) is 7.43. The maximum atomic E-state index is 8.47. The zero-order valence-electron chi connectivity index (χ0n) is 6.00. The lowest BCUT2D eigenvalue weighted by molar-refractivity contribution is 0.343. The minimum Gasteiger partial charge on any atom is -0.392 e. The summed E-state index contributed by atoms with van der Waals surface area (Å²) >= 11 is 5.67. The van der Waals surface area contributed by atoms with Crippen molar-refractivity contribution in [3.63, 3.8) is 0 Å². The van der Waals surface area contributed by atoms with Gasteiger partial charge in [0.05, 0.1) is 6.61 Å². The molecule has 0 aliphatic carbocycles. The van der Waals surface area contributed by atoms with E-state index in [0.717, 1.165) is 10.6 Å². The molecule has 0 saturated carbocycles. The van der Waals surface area contributed by atoms with Crippen molar-refractivity contribution in [2.45, 2.75) is 0 Å². The summed E-state index contributed by atoms with van der Waals surface area (Å²) < 4.78 is 0. The topological polar surface area (TPSA) is 20.2 Å². The third-order valence-corrected chi connectivity index (χ3v) is 1.54. The fourth-order valence-corrected chi connectivity index (χ4v) is 0.889. The maximum absolute atomic E-state index is 8.47. The SMILES string of the molecule is OC/C=C/c1ccc(Cl)cc1. The predicted molar refractivity (Wildman–Crippen MR) is 47.6 cm³/mol. The molecule has 0 bridgehead atoms. The van der Waals surface area contributed by atoms with Crippen LogP contribution in [0.15, 0.2) is 30.3 Å². The lowest BCUT2D eigenvalue weighted by atomic mass is 10.2. The minimum atomic E-state index is 0.0721. The lowest BCUT2D eigenvalue weighted by Gasteiger charge is -1.91. The van der Waals surface area contributed by atoms with Crippen LogP contribution in [0.1, 0.15) is 5.56 Å². The smallest absolute Gasteiger partial charge is 0.0615 e. The van der Waals surface area contributed by atoms with Gasteiger partial charge in [0.2, 0.25) is 0 Å². The third-order valence-electron chi connectivity index (χ3n) is 1.29. The normalized spacial score (nSPS) is 10.7. The van der Waals surface area contributed by atoms with Crippen molar-refractivity contribution in [3.8, 4) is 0 Å². The second-order valence-corrected chi connectivity index (χ2v) is 2.57. The average molecular weight is 169 g/mol. The van der Waals surface area contributed by atoms with Gasteiger partial charge in [-0.25, -0.2) is 0 Å². The van der Waals surface area contributed by atoms with Gasteiger partial charge in [-0.2, -0.15) is 0 Å². The van der Waals surface area contributed by atoms with E-state index in [9.17, 15) is 0 Å². The van der Waals surface area contributed by atoms with Gasteiger partial charge in [-0.1, -0.05) is 35.9 Å². The summed E-state index contributed by atoms with van der Waals surface area (Å²) in [6.07, 6.45) is 3.53. The molecule has 11 heavy (non-hydrogen) atoms. The second kappa shape index (κ2) is 4.16. The Labute approximate surface area is 70.9 Å². The van der Waals surface area contributed by atoms with Gasteiger partial charge in [0.15, 0.2) is 0 Å². The molecule has 58 valence electrons. The Bertz CT molecular complexity index is 238. The van der Waals surface area contributed by atoms with E-state index >= 15 is 0 Å². The van der Waals surface area contributed by atoms with Crippen LogP contribution < -0.4 is 0 Å². The molecule has 0 aliphatic heterocycles. The molecule has 1 aromatic carbocycles. The van der Waals surface area contributed by atoms with Crippen molar-refractivity contribution in [1.82, 2.24) is 0 Å². The van der Waals surface area contributed by atoms with Crippen LogP contribution in [0, 0.1) is 0 Å². The molecule has 0 unspecified atom stereocenters. The van der Waals surface area contributed by atoms with Gasteiger partial charge in [0, 0.05) is 5.02 Å². The first kappa shape index (κ1) is 8.31. The van der Waals surface area contributed by atoms with E-state index in [-0.39, 0.29) is 6.61 Å². The Morgan fingerprint density at radius 3 is 2.45 bits per heavy atom. The highest BCUT2D eigenvalue weighted by atomic mass is 35.5. The molecular formula is C9H9ClO. The van der Waals surface area contributed by atoms with Crippen molar-refractivity contribution in [3.05, 3.63) is 40.9 Å². The second-order valence-electron chi connectivity index (χ2n) is 2.14. The Balaban J connectivity index is 2.73. The molecule has 0 aromatic heterocycles. The minimum absolute atomic E-state index is 0.0721. The highest BCUT2D eigenvalue weighted by Crippen LogP contribution is 2.10. The van der Waals surface area contributed by atoms with Crippen molar-refractivity contribution in [2.75, 3.05) is 6.61 Å². The Morgan fingerprint density at radius 1 is 1.27 bits per heavy atom. The maximum Gasteiger partial charge on any atom is 0.0615 e. The van der Waals surface area contributed by atoms with E-state index in [1.54, 1.807) is 6.08 Å². The summed E-state index contributed by atoms with van der Waals surface area (Å²) in [6.45, 7) is 0.0721. The monoisotopic (exact) mass is 168 g/mol. The summed E-state index contributed by atoms with van der Waals surface area (Å²) in [5.41, 5.74) is 1.04. The number of hydrogen-bond donors (Lipinski definition) is 1. The molecule has 1 aromatic rings. The molecule has 0 atom stereocenters. The fraction of sp³-hybridized carbons (Fsp3) is 0.111. The largest absolute Gasteiger partial charge is 0.392 e. The number of benzene rings is 1. The Hall–Kier alpha value is -0.790. The van der Waals surface area contributed by atoms with E-state index in [1.807, 2.05) is 30.3 Å². The molecular weight excluding hydrogens is 160 g/mol. The van der Waals surface area contributed by atoms with E-state index < -0.39 is 0 Å². The quantitative estimate of drug-likeness (QED) is 0.719. The summed E-state index contributed by atoms with van der Waals surface area (Å²) in [5, 5.41) is 9.20. The molecule has 1 rings (SSSR count). The first-order valence-corrected chi connectivity index (χ1v) is 3.73. The average Bonchev–Trinajstić information content (AvgIpc) is 2.04. The van der Waals surface area contributed by atoms with E-state index in [0.29, 0.717) is 0 Å². The molecule has 0 heterocycles. The molecule has 1 nitrogen and oxygen atoms in total. The van der Waals surface area contributed by atoms with Crippen LogP contribution in [0.5, 0.6) is 0 Å². The molecule has 0 aliphatic rings. The van der Waals surface area contributed by atoms with E-state index in [2.05, 4.69) is 0 Å². The van der Waals surface area contributed by atoms with Gasteiger partial charge < -0.3 is 5.11 Å². The van der Waals surface area contributed by atoms with Gasteiger partial charge >= 0.3 is 0 Å². The number of aliphatic hydroxyl groups is 1. The first-order valence-electron chi connectivity index (χ1n) is 3.36. The third kappa shape index (κ3) is 2.74. The highest BCUT2D eigenvalue weighted by molar-refractivity contribution is 6.30. The summed E-state index contributed by atoms with van der Waals surface area (Å²) in [7, 11) is 0. The summed E-state index contributed by atoms with van der Waals surface area (Å²) in [5.74, 6) is 0. The van der Waals surface area contributed by atoms with Crippen LogP contribution in [-0.2, 0) is 0 Å². The number of halogens is 1. The van der Waals surface area contributed by atoms with Crippen LogP contribution in [0.4, 0.5) is 0 Å². The number of rotatable bonds is 2. The zero-order chi connectivity index (χ0) is 8.10. The van der Waals surface area contributed by atoms with Gasteiger partial charge in [-0.3, -0.25) is 0 Å². The molecule has 0 saturated heterocycles. The van der Waals surface area contributed by atoms with Crippen molar-refractivity contribution in [1.29, 1.82) is 0 Å². The van der Waals surface area contributed by atoms with Crippen LogP contribution in [0.2, 0.25) is 5.02 Å². The molecule has 0 spiro atoms. The van der Waals surface area contributed by atoms with Crippen LogP contribution in [0.25, 0.3) is 6.08 Å². The van der Waals surface area contributed by atoms with Gasteiger partial charge in [0.25, 0.3) is 0 Å². The predicted octanol–water partition coefficient (Wildman–Crippen LogP) is 2.35. The molecule has 0 radical (unpaired) electrons. The van der Waals surface area contributed by atoms with Crippen molar-refractivity contribution in [2.24, 2.45) is 0 Å². The molecule has 2 heteroatoms. The lowest BCUT2D eigenvalue weighted by Crippen LogP contribution is -1.73. The van der Waals surface area contributed by atoms with E-state index in [4.69, 9.17) is 16.7 Å². The zero-order valence-corrected chi connectivity index (χ0v) is 6.75. The fourth-order valence-electron chi connectivity index (χ4n) is 0.763. The first-order chi connectivity index (χ1) is 5.33. The highest BCUT2D eigenvalue weighted by Gasteiger charge is 1.85. The van der Waals surface area contributed by atoms with Crippen molar-refractivity contribution < 1.29 is 5.11 Å². The molecule has 0 amide bonds. The van der Waals surface area contributed by atoms with Crippen LogP contribution in [-0.4, -0.2) is 11.7 Å². The van der Waals surface area contributed by atoms with Gasteiger partial charge in [0.1, 0.15) is 0 Å². The van der Waals surface area contributed by atoms with Crippen molar-refractivity contribution >= 4 is 17.7 Å². The van der Waals surface area contributed by atoms with Gasteiger partial charge in [-0.05, 0) is 17.7 Å². The standard InChI is InChI=1S/C9H9ClO/c10-9-5-3-8(4-6-9)2-1-7-11/h1-6,11H,7H2/b2-1+. The van der Waals surface area contributed by atoms with Crippen LogP contribution >= 0.6 is 11.6 Å². The number of hydrogen-bond acceptors (Lipinski definition) is 1. The van der Waals surface area contributed by atoms with Gasteiger partial charge in [-0.15, -0.1) is 0 Å². The van der Waals surface area contributed by atoms with E-state index in [1.165, 1.54) is 0 Å². The molecule has 1 N–H and O–H groups in total. The Morgan fingerprint density at radius 2 is 1.91 bits per heavy atom.